The van der Waals surface area contributed by atoms with Crippen LogP contribution in [0.3, 0.4) is 0 Å². The van der Waals surface area contributed by atoms with Crippen LogP contribution in [0.1, 0.15) is 62.4 Å². The smallest absolute Gasteiger partial charge is 0.155 e. The summed E-state index contributed by atoms with van der Waals surface area (Å²) in [5, 5.41) is 9.75. The molecule has 4 nitrogen and oxygen atoms in total. The first-order valence-electron chi connectivity index (χ1n) is 6.48. The van der Waals surface area contributed by atoms with Crippen LogP contribution in [0.2, 0.25) is 0 Å². The zero-order valence-corrected chi connectivity index (χ0v) is 10.4. The fraction of sp³-hybridized carbons (Fsp3) is 0.692. The third-order valence-electron chi connectivity index (χ3n) is 3.61. The molecule has 0 radical (unpaired) electrons. The van der Waals surface area contributed by atoms with Crippen molar-refractivity contribution < 1.29 is 5.11 Å². The van der Waals surface area contributed by atoms with Crippen molar-refractivity contribution in [1.82, 2.24) is 9.97 Å². The predicted octanol–water partition coefficient (Wildman–Crippen LogP) is 2.29. The van der Waals surface area contributed by atoms with Gasteiger partial charge in [0.25, 0.3) is 0 Å². The van der Waals surface area contributed by atoms with Crippen molar-refractivity contribution in [3.63, 3.8) is 0 Å². The minimum absolute atomic E-state index is 0.0836. The first kappa shape index (κ1) is 12.3. The number of nitrogens with zero attached hydrogens (tertiary/aromatic N) is 2. The van der Waals surface area contributed by atoms with E-state index in [0.29, 0.717) is 18.2 Å². The maximum Gasteiger partial charge on any atom is 0.155 e. The summed E-state index contributed by atoms with van der Waals surface area (Å²) < 4.78 is 0. The fourth-order valence-corrected chi connectivity index (χ4v) is 2.43. The number of aromatic hydroxyl groups is 1. The van der Waals surface area contributed by atoms with Gasteiger partial charge in [-0.2, -0.15) is 0 Å². The Balaban J connectivity index is 2.23. The number of hydrogen-bond donors (Lipinski definition) is 2. The maximum absolute atomic E-state index is 9.75. The van der Waals surface area contributed by atoms with Gasteiger partial charge in [-0.1, -0.05) is 26.2 Å². The van der Waals surface area contributed by atoms with Crippen LogP contribution in [-0.4, -0.2) is 21.6 Å². The van der Waals surface area contributed by atoms with E-state index < -0.39 is 0 Å². The molecule has 0 bridgehead atoms. The van der Waals surface area contributed by atoms with E-state index in [1.807, 2.05) is 6.92 Å². The molecule has 94 valence electrons. The van der Waals surface area contributed by atoms with Gasteiger partial charge in [-0.25, -0.2) is 9.97 Å². The monoisotopic (exact) mass is 235 g/mol. The normalized spacial score (nSPS) is 19.2. The number of aromatic nitrogens is 2. The summed E-state index contributed by atoms with van der Waals surface area (Å²) >= 11 is 0. The average Bonchev–Trinajstić information content (AvgIpc) is 2.39. The van der Waals surface area contributed by atoms with Crippen molar-refractivity contribution in [3.8, 4) is 5.75 Å². The lowest BCUT2D eigenvalue weighted by Gasteiger charge is -2.21. The van der Waals surface area contributed by atoms with Crippen molar-refractivity contribution in [3.05, 3.63) is 17.7 Å². The zero-order valence-electron chi connectivity index (χ0n) is 10.4. The van der Waals surface area contributed by atoms with Gasteiger partial charge in [0, 0.05) is 18.4 Å². The topological polar surface area (TPSA) is 72.0 Å². The van der Waals surface area contributed by atoms with E-state index in [-0.39, 0.29) is 11.7 Å². The van der Waals surface area contributed by atoms with Crippen LogP contribution in [-0.2, 0) is 0 Å². The second-order valence-corrected chi connectivity index (χ2v) is 4.97. The Morgan fingerprint density at radius 2 is 2.12 bits per heavy atom. The summed E-state index contributed by atoms with van der Waals surface area (Å²) in [7, 11) is 0. The van der Waals surface area contributed by atoms with Crippen molar-refractivity contribution >= 4 is 0 Å². The molecule has 1 heterocycles. The van der Waals surface area contributed by atoms with Gasteiger partial charge in [0.05, 0.1) is 11.9 Å². The Hall–Kier alpha value is -1.16. The van der Waals surface area contributed by atoms with Crippen LogP contribution in [0.5, 0.6) is 5.75 Å². The Labute approximate surface area is 102 Å². The minimum atomic E-state index is 0.0836. The molecule has 3 N–H and O–H groups in total. The molecule has 2 rings (SSSR count). The molecule has 1 saturated carbocycles. The highest BCUT2D eigenvalue weighted by Crippen LogP contribution is 2.32. The molecule has 1 unspecified atom stereocenters. The van der Waals surface area contributed by atoms with Crippen LogP contribution in [0, 0.1) is 0 Å². The van der Waals surface area contributed by atoms with Gasteiger partial charge in [0.1, 0.15) is 5.82 Å². The van der Waals surface area contributed by atoms with Gasteiger partial charge in [-0.15, -0.1) is 0 Å². The molecule has 1 aromatic heterocycles. The van der Waals surface area contributed by atoms with Crippen LogP contribution in [0.15, 0.2) is 6.20 Å². The molecule has 0 aromatic carbocycles. The van der Waals surface area contributed by atoms with Crippen LogP contribution < -0.4 is 5.73 Å². The molecule has 0 amide bonds. The van der Waals surface area contributed by atoms with Crippen LogP contribution in [0.4, 0.5) is 0 Å². The molecule has 1 fully saturated rings. The molecular formula is C13H21N3O. The lowest BCUT2D eigenvalue weighted by molar-refractivity contribution is 0.417. The quantitative estimate of drug-likeness (QED) is 0.843. The molecule has 1 aliphatic rings. The first-order valence-corrected chi connectivity index (χ1v) is 6.48. The molecule has 1 atom stereocenters. The van der Waals surface area contributed by atoms with E-state index in [4.69, 9.17) is 5.73 Å². The molecule has 0 aliphatic heterocycles. The standard InChI is InChI=1S/C13H21N3O/c1-9(7-14)12-11(17)8-15-13(16-12)10-5-3-2-4-6-10/h8-10,17H,2-7,14H2,1H3. The molecule has 1 aromatic rings. The largest absolute Gasteiger partial charge is 0.504 e. The highest BCUT2D eigenvalue weighted by molar-refractivity contribution is 5.27. The van der Waals surface area contributed by atoms with E-state index in [1.165, 1.54) is 38.3 Å². The number of hydrogen-bond acceptors (Lipinski definition) is 4. The molecule has 17 heavy (non-hydrogen) atoms. The lowest BCUT2D eigenvalue weighted by Crippen LogP contribution is -2.14. The Kier molecular flexibility index (Phi) is 3.94. The van der Waals surface area contributed by atoms with Gasteiger partial charge >= 0.3 is 0 Å². The second kappa shape index (κ2) is 5.45. The molecule has 4 heteroatoms. The fourth-order valence-electron chi connectivity index (χ4n) is 2.43. The van der Waals surface area contributed by atoms with E-state index in [1.54, 1.807) is 0 Å². The van der Waals surface area contributed by atoms with Gasteiger partial charge in [-0.3, -0.25) is 0 Å². The summed E-state index contributed by atoms with van der Waals surface area (Å²) in [6, 6.07) is 0. The van der Waals surface area contributed by atoms with Gasteiger partial charge < -0.3 is 10.8 Å². The number of rotatable bonds is 3. The van der Waals surface area contributed by atoms with Crippen LogP contribution in [0.25, 0.3) is 0 Å². The Bertz CT molecular complexity index is 375. The summed E-state index contributed by atoms with van der Waals surface area (Å²) in [5.74, 6) is 1.61. The SMILES string of the molecule is CC(CN)c1nc(C2CCCCC2)ncc1O. The van der Waals surface area contributed by atoms with E-state index in [0.717, 1.165) is 5.82 Å². The second-order valence-electron chi connectivity index (χ2n) is 4.97. The van der Waals surface area contributed by atoms with E-state index >= 15 is 0 Å². The van der Waals surface area contributed by atoms with Crippen molar-refractivity contribution in [2.45, 2.75) is 50.9 Å². The van der Waals surface area contributed by atoms with Gasteiger partial charge in [0.2, 0.25) is 0 Å². The minimum Gasteiger partial charge on any atom is -0.504 e. The maximum atomic E-state index is 9.75. The van der Waals surface area contributed by atoms with Crippen molar-refractivity contribution in [1.29, 1.82) is 0 Å². The first-order chi connectivity index (χ1) is 8.22. The predicted molar refractivity (Wildman–Crippen MR) is 67.0 cm³/mol. The third-order valence-corrected chi connectivity index (χ3v) is 3.61. The summed E-state index contributed by atoms with van der Waals surface area (Å²) in [6.07, 6.45) is 7.70. The molecule has 0 spiro atoms. The van der Waals surface area contributed by atoms with Crippen molar-refractivity contribution in [2.24, 2.45) is 5.73 Å². The lowest BCUT2D eigenvalue weighted by atomic mass is 9.88. The van der Waals surface area contributed by atoms with E-state index in [9.17, 15) is 5.11 Å². The highest BCUT2D eigenvalue weighted by atomic mass is 16.3. The zero-order chi connectivity index (χ0) is 12.3. The Morgan fingerprint density at radius 3 is 2.76 bits per heavy atom. The summed E-state index contributed by atoms with van der Waals surface area (Å²) in [6.45, 7) is 2.47. The molecule has 0 saturated heterocycles. The Morgan fingerprint density at radius 1 is 1.41 bits per heavy atom. The highest BCUT2D eigenvalue weighted by Gasteiger charge is 2.20. The average molecular weight is 235 g/mol. The van der Waals surface area contributed by atoms with Gasteiger partial charge in [-0.05, 0) is 12.8 Å². The van der Waals surface area contributed by atoms with E-state index in [2.05, 4.69) is 9.97 Å². The molecule has 1 aliphatic carbocycles. The van der Waals surface area contributed by atoms with Crippen molar-refractivity contribution in [2.75, 3.05) is 6.54 Å². The summed E-state index contributed by atoms with van der Waals surface area (Å²) in [5.41, 5.74) is 6.33. The van der Waals surface area contributed by atoms with Crippen LogP contribution >= 0.6 is 0 Å². The number of nitrogens with two attached hydrogens (primary N) is 1. The third kappa shape index (κ3) is 2.75. The van der Waals surface area contributed by atoms with Gasteiger partial charge in [0.15, 0.2) is 5.75 Å². The molecular weight excluding hydrogens is 214 g/mol. The summed E-state index contributed by atoms with van der Waals surface area (Å²) in [4.78, 5) is 8.80.